The third-order valence-electron chi connectivity index (χ3n) is 5.90. The van der Waals surface area contributed by atoms with Crippen molar-refractivity contribution in [1.82, 2.24) is 19.6 Å². The molecule has 2 saturated heterocycles. The molecule has 0 N–H and O–H groups in total. The van der Waals surface area contributed by atoms with Gasteiger partial charge in [0.1, 0.15) is 0 Å². The minimum absolute atomic E-state index is 0.513. The third kappa shape index (κ3) is 4.01. The summed E-state index contributed by atoms with van der Waals surface area (Å²) in [5.74, 6) is 0. The maximum Gasteiger partial charge on any atom is 0.0589 e. The van der Waals surface area contributed by atoms with E-state index in [0.717, 1.165) is 32.7 Å². The highest BCUT2D eigenvalue weighted by molar-refractivity contribution is 5.16. The average Bonchev–Trinajstić information content (AvgIpc) is 3.12. The summed E-state index contributed by atoms with van der Waals surface area (Å²) < 4.78 is 7.43. The summed E-state index contributed by atoms with van der Waals surface area (Å²) in [6.07, 6.45) is 7.30. The molecule has 136 valence electrons. The van der Waals surface area contributed by atoms with Crippen LogP contribution in [0.5, 0.6) is 0 Å². The van der Waals surface area contributed by atoms with Crippen LogP contribution in [0.3, 0.4) is 0 Å². The Hall–Kier alpha value is -0.910. The van der Waals surface area contributed by atoms with Gasteiger partial charge in [0.2, 0.25) is 0 Å². The lowest BCUT2D eigenvalue weighted by Gasteiger charge is -2.40. The quantitative estimate of drug-likeness (QED) is 0.767. The maximum absolute atomic E-state index is 5.27. The Labute approximate surface area is 146 Å². The Morgan fingerprint density at radius 2 is 2.00 bits per heavy atom. The van der Waals surface area contributed by atoms with Gasteiger partial charge in [0.05, 0.1) is 12.8 Å². The molecule has 5 heteroatoms. The van der Waals surface area contributed by atoms with Crippen molar-refractivity contribution in [3.8, 4) is 0 Å². The van der Waals surface area contributed by atoms with E-state index in [2.05, 4.69) is 39.6 Å². The number of hydrogen-bond donors (Lipinski definition) is 0. The van der Waals surface area contributed by atoms with E-state index >= 15 is 0 Å². The predicted molar refractivity (Wildman–Crippen MR) is 97.1 cm³/mol. The number of aryl methyl sites for hydroxylation is 1. The first-order chi connectivity index (χ1) is 11.7. The van der Waals surface area contributed by atoms with Crippen LogP contribution in [0, 0.1) is 12.3 Å². The largest absolute Gasteiger partial charge is 0.383 e. The van der Waals surface area contributed by atoms with Gasteiger partial charge in [-0.25, -0.2) is 0 Å². The van der Waals surface area contributed by atoms with Gasteiger partial charge in [-0.15, -0.1) is 0 Å². The molecular formula is C19H34N4O. The molecule has 0 saturated carbocycles. The van der Waals surface area contributed by atoms with Gasteiger partial charge in [0, 0.05) is 51.1 Å². The summed E-state index contributed by atoms with van der Waals surface area (Å²) in [4.78, 5) is 5.27. The topological polar surface area (TPSA) is 33.5 Å². The van der Waals surface area contributed by atoms with Gasteiger partial charge in [-0.3, -0.25) is 9.58 Å². The van der Waals surface area contributed by atoms with Gasteiger partial charge in [-0.05, 0) is 51.1 Å². The van der Waals surface area contributed by atoms with Crippen molar-refractivity contribution in [3.63, 3.8) is 0 Å². The maximum atomic E-state index is 5.27. The lowest BCUT2D eigenvalue weighted by molar-refractivity contribution is 0.0673. The van der Waals surface area contributed by atoms with Crippen LogP contribution < -0.4 is 0 Å². The van der Waals surface area contributed by atoms with Crippen LogP contribution >= 0.6 is 0 Å². The molecule has 1 aromatic heterocycles. The lowest BCUT2D eigenvalue weighted by atomic mass is 9.79. The normalized spacial score (nSPS) is 25.8. The molecule has 0 amide bonds. The van der Waals surface area contributed by atoms with Crippen LogP contribution in [-0.2, 0) is 17.8 Å². The second-order valence-electron chi connectivity index (χ2n) is 7.81. The smallest absolute Gasteiger partial charge is 0.0589 e. The number of piperidine rings is 1. The van der Waals surface area contributed by atoms with E-state index in [1.807, 2.05) is 0 Å². The first kappa shape index (κ1) is 17.9. The average molecular weight is 335 g/mol. The van der Waals surface area contributed by atoms with Gasteiger partial charge < -0.3 is 9.64 Å². The SMILES string of the molecule is CCCn1ncc(CN2CC[C@]3(CCCN(CCOC)C3)C2)c1C. The molecule has 1 spiro atoms. The molecule has 0 aromatic carbocycles. The molecule has 2 fully saturated rings. The van der Waals surface area contributed by atoms with Gasteiger partial charge in [0.15, 0.2) is 0 Å². The van der Waals surface area contributed by atoms with E-state index in [1.54, 1.807) is 7.11 Å². The summed E-state index contributed by atoms with van der Waals surface area (Å²) in [7, 11) is 1.80. The van der Waals surface area contributed by atoms with Gasteiger partial charge >= 0.3 is 0 Å². The van der Waals surface area contributed by atoms with E-state index in [-0.39, 0.29) is 0 Å². The highest BCUT2D eigenvalue weighted by Gasteiger charge is 2.41. The number of ether oxygens (including phenoxy) is 1. The van der Waals surface area contributed by atoms with Crippen LogP contribution in [0.2, 0.25) is 0 Å². The number of aromatic nitrogens is 2. The number of likely N-dealkylation sites (tertiary alicyclic amines) is 2. The molecule has 1 aromatic rings. The first-order valence-electron chi connectivity index (χ1n) is 9.61. The van der Waals surface area contributed by atoms with Crippen LogP contribution in [-0.4, -0.2) is 66.0 Å². The van der Waals surface area contributed by atoms with E-state index < -0.39 is 0 Å². The molecule has 2 aliphatic rings. The molecule has 5 nitrogen and oxygen atoms in total. The van der Waals surface area contributed by atoms with Crippen molar-refractivity contribution in [2.45, 2.75) is 52.6 Å². The molecule has 1 atom stereocenters. The van der Waals surface area contributed by atoms with E-state index in [1.165, 1.54) is 56.7 Å². The van der Waals surface area contributed by atoms with Crippen molar-refractivity contribution in [1.29, 1.82) is 0 Å². The molecule has 0 unspecified atom stereocenters. The Balaban J connectivity index is 1.57. The lowest BCUT2D eigenvalue weighted by Crippen LogP contribution is -2.45. The second-order valence-corrected chi connectivity index (χ2v) is 7.81. The van der Waals surface area contributed by atoms with Crippen molar-refractivity contribution in [3.05, 3.63) is 17.5 Å². The van der Waals surface area contributed by atoms with E-state index in [0.29, 0.717) is 5.41 Å². The highest BCUT2D eigenvalue weighted by atomic mass is 16.5. The van der Waals surface area contributed by atoms with Crippen LogP contribution in [0.1, 0.15) is 43.9 Å². The van der Waals surface area contributed by atoms with Crippen molar-refractivity contribution < 1.29 is 4.74 Å². The highest BCUT2D eigenvalue weighted by Crippen LogP contribution is 2.39. The summed E-state index contributed by atoms with van der Waals surface area (Å²) >= 11 is 0. The van der Waals surface area contributed by atoms with Crippen molar-refractivity contribution in [2.24, 2.45) is 5.41 Å². The molecule has 0 radical (unpaired) electrons. The van der Waals surface area contributed by atoms with E-state index in [9.17, 15) is 0 Å². The summed E-state index contributed by atoms with van der Waals surface area (Å²) in [5.41, 5.74) is 3.27. The van der Waals surface area contributed by atoms with Crippen LogP contribution in [0.25, 0.3) is 0 Å². The molecule has 24 heavy (non-hydrogen) atoms. The minimum atomic E-state index is 0.513. The molecule has 0 bridgehead atoms. The Bertz CT molecular complexity index is 529. The fraction of sp³-hybridized carbons (Fsp3) is 0.842. The zero-order valence-electron chi connectivity index (χ0n) is 15.8. The zero-order valence-corrected chi connectivity index (χ0v) is 15.8. The van der Waals surface area contributed by atoms with Gasteiger partial charge in [0.25, 0.3) is 0 Å². The van der Waals surface area contributed by atoms with Crippen molar-refractivity contribution >= 4 is 0 Å². The van der Waals surface area contributed by atoms with Crippen LogP contribution in [0.15, 0.2) is 6.20 Å². The predicted octanol–water partition coefficient (Wildman–Crippen LogP) is 2.54. The van der Waals surface area contributed by atoms with Crippen LogP contribution in [0.4, 0.5) is 0 Å². The van der Waals surface area contributed by atoms with Crippen molar-refractivity contribution in [2.75, 3.05) is 46.4 Å². The van der Waals surface area contributed by atoms with E-state index in [4.69, 9.17) is 4.74 Å². The summed E-state index contributed by atoms with van der Waals surface area (Å²) in [6.45, 7) is 13.4. The molecule has 3 rings (SSSR count). The zero-order chi connectivity index (χ0) is 17.0. The minimum Gasteiger partial charge on any atom is -0.383 e. The summed E-state index contributed by atoms with van der Waals surface area (Å²) in [6, 6.07) is 0. The fourth-order valence-electron chi connectivity index (χ4n) is 4.54. The van der Waals surface area contributed by atoms with Gasteiger partial charge in [-0.1, -0.05) is 6.92 Å². The fourth-order valence-corrected chi connectivity index (χ4v) is 4.54. The monoisotopic (exact) mass is 334 g/mol. The van der Waals surface area contributed by atoms with Gasteiger partial charge in [-0.2, -0.15) is 5.10 Å². The Morgan fingerprint density at radius 3 is 2.79 bits per heavy atom. The second kappa shape index (κ2) is 7.98. The number of methoxy groups -OCH3 is 1. The Kier molecular flexibility index (Phi) is 5.95. The number of rotatable bonds is 7. The molecule has 3 heterocycles. The molecule has 0 aliphatic carbocycles. The number of hydrogen-bond acceptors (Lipinski definition) is 4. The number of nitrogens with zero attached hydrogens (tertiary/aromatic N) is 4. The molecule has 2 aliphatic heterocycles. The molecular weight excluding hydrogens is 300 g/mol. The third-order valence-corrected chi connectivity index (χ3v) is 5.90. The summed E-state index contributed by atoms with van der Waals surface area (Å²) in [5, 5.41) is 4.57. The standard InChI is InChI=1S/C19H34N4O/c1-4-8-23-17(2)18(13-20-23)14-22-10-7-19(16-22)6-5-9-21(15-19)11-12-24-3/h13H,4-12,14-16H2,1-3H3/t19-/m0/s1. The first-order valence-corrected chi connectivity index (χ1v) is 9.61. The Morgan fingerprint density at radius 1 is 1.17 bits per heavy atom.